The van der Waals surface area contributed by atoms with Gasteiger partial charge in [0.15, 0.2) is 0 Å². The predicted molar refractivity (Wildman–Crippen MR) is 73.6 cm³/mol. The molecule has 0 amide bonds. The molecule has 0 aromatic heterocycles. The van der Waals surface area contributed by atoms with Crippen molar-refractivity contribution < 1.29 is 9.84 Å². The van der Waals surface area contributed by atoms with Gasteiger partial charge in [-0.05, 0) is 30.7 Å². The molecule has 102 valence electrons. The maximum Gasteiger partial charge on any atom is 0.119 e. The Bertz CT molecular complexity index is 331. The van der Waals surface area contributed by atoms with Gasteiger partial charge >= 0.3 is 0 Å². The molecule has 0 aliphatic carbocycles. The lowest BCUT2D eigenvalue weighted by Gasteiger charge is -2.18. The van der Waals surface area contributed by atoms with Gasteiger partial charge in [-0.3, -0.25) is 0 Å². The largest absolute Gasteiger partial charge is 0.494 e. The lowest BCUT2D eigenvalue weighted by molar-refractivity contribution is 0.189. The Hall–Kier alpha value is -1.10. The fraction of sp³-hybridized carbons (Fsp3) is 0.571. The van der Waals surface area contributed by atoms with Crippen LogP contribution in [0.15, 0.2) is 24.3 Å². The fourth-order valence-corrected chi connectivity index (χ4v) is 1.81. The molecule has 1 rings (SSSR count). The highest BCUT2D eigenvalue weighted by Crippen LogP contribution is 2.13. The third kappa shape index (κ3) is 5.49. The minimum absolute atomic E-state index is 0.216. The van der Waals surface area contributed by atoms with Crippen LogP contribution in [0.4, 0.5) is 0 Å². The van der Waals surface area contributed by atoms with Crippen molar-refractivity contribution in [1.82, 2.24) is 4.90 Å². The van der Waals surface area contributed by atoms with Crippen LogP contribution in [0, 0.1) is 0 Å². The van der Waals surface area contributed by atoms with Crippen LogP contribution in [-0.4, -0.2) is 42.9 Å². The normalized spacial score (nSPS) is 10.9. The number of aliphatic hydroxyl groups excluding tert-OH is 1. The van der Waals surface area contributed by atoms with Gasteiger partial charge in [-0.25, -0.2) is 0 Å². The topological polar surface area (TPSA) is 58.7 Å². The van der Waals surface area contributed by atoms with Gasteiger partial charge < -0.3 is 20.5 Å². The number of nitrogens with zero attached hydrogens (tertiary/aromatic N) is 1. The van der Waals surface area contributed by atoms with E-state index in [1.165, 1.54) is 0 Å². The van der Waals surface area contributed by atoms with Crippen LogP contribution in [0.25, 0.3) is 0 Å². The molecule has 1 aromatic rings. The highest BCUT2D eigenvalue weighted by molar-refractivity contribution is 5.28. The molecule has 0 saturated carbocycles. The molecule has 0 heterocycles. The molecule has 0 fully saturated rings. The maximum atomic E-state index is 8.88. The number of nitrogens with two attached hydrogens (primary N) is 1. The molecule has 0 aliphatic rings. The van der Waals surface area contributed by atoms with Crippen molar-refractivity contribution in [3.8, 4) is 5.75 Å². The van der Waals surface area contributed by atoms with Crippen molar-refractivity contribution >= 4 is 0 Å². The van der Waals surface area contributed by atoms with Gasteiger partial charge in [0, 0.05) is 19.6 Å². The number of ether oxygens (including phenoxy) is 1. The van der Waals surface area contributed by atoms with E-state index in [0.29, 0.717) is 13.2 Å². The van der Waals surface area contributed by atoms with Gasteiger partial charge in [-0.2, -0.15) is 0 Å². The van der Waals surface area contributed by atoms with Gasteiger partial charge in [0.2, 0.25) is 0 Å². The average molecular weight is 252 g/mol. The summed E-state index contributed by atoms with van der Waals surface area (Å²) < 4.78 is 5.68. The average Bonchev–Trinajstić information content (AvgIpc) is 2.42. The zero-order chi connectivity index (χ0) is 13.2. The number of hydrogen-bond donors (Lipinski definition) is 2. The summed E-state index contributed by atoms with van der Waals surface area (Å²) in [6, 6.07) is 7.88. The van der Waals surface area contributed by atoms with Gasteiger partial charge in [-0.15, -0.1) is 0 Å². The van der Waals surface area contributed by atoms with E-state index >= 15 is 0 Å². The lowest BCUT2D eigenvalue weighted by Crippen LogP contribution is -2.28. The SMILES string of the molecule is CCN(CCO)CCCOc1cccc(CN)c1. The highest BCUT2D eigenvalue weighted by atomic mass is 16.5. The minimum atomic E-state index is 0.216. The van der Waals surface area contributed by atoms with Crippen LogP contribution in [0.2, 0.25) is 0 Å². The second kappa shape index (κ2) is 8.91. The van der Waals surface area contributed by atoms with Crippen LogP contribution in [0.5, 0.6) is 5.75 Å². The van der Waals surface area contributed by atoms with Crippen molar-refractivity contribution in [2.24, 2.45) is 5.73 Å². The highest BCUT2D eigenvalue weighted by Gasteiger charge is 2.01. The van der Waals surface area contributed by atoms with Crippen LogP contribution in [0.1, 0.15) is 18.9 Å². The van der Waals surface area contributed by atoms with Gasteiger partial charge in [0.25, 0.3) is 0 Å². The van der Waals surface area contributed by atoms with Gasteiger partial charge in [-0.1, -0.05) is 19.1 Å². The second-order valence-corrected chi connectivity index (χ2v) is 4.21. The van der Waals surface area contributed by atoms with E-state index in [1.54, 1.807) is 0 Å². The van der Waals surface area contributed by atoms with Crippen LogP contribution in [0.3, 0.4) is 0 Å². The number of hydrogen-bond acceptors (Lipinski definition) is 4. The molecular formula is C14H24N2O2. The van der Waals surface area contributed by atoms with E-state index in [9.17, 15) is 0 Å². The van der Waals surface area contributed by atoms with Crippen molar-refractivity contribution in [2.45, 2.75) is 19.9 Å². The molecule has 0 atom stereocenters. The van der Waals surface area contributed by atoms with E-state index in [2.05, 4.69) is 11.8 Å². The van der Waals surface area contributed by atoms with Gasteiger partial charge in [0.05, 0.1) is 13.2 Å². The molecule has 0 spiro atoms. The Morgan fingerprint density at radius 1 is 1.33 bits per heavy atom. The summed E-state index contributed by atoms with van der Waals surface area (Å²) in [5, 5.41) is 8.88. The molecule has 18 heavy (non-hydrogen) atoms. The van der Waals surface area contributed by atoms with Crippen molar-refractivity contribution in [3.63, 3.8) is 0 Å². The Morgan fingerprint density at radius 2 is 2.17 bits per heavy atom. The lowest BCUT2D eigenvalue weighted by atomic mass is 10.2. The molecule has 0 unspecified atom stereocenters. The summed E-state index contributed by atoms with van der Waals surface area (Å²) in [4.78, 5) is 2.21. The summed E-state index contributed by atoms with van der Waals surface area (Å²) in [5.41, 5.74) is 6.66. The molecular weight excluding hydrogens is 228 g/mol. The fourth-order valence-electron chi connectivity index (χ4n) is 1.81. The number of rotatable bonds is 9. The zero-order valence-corrected chi connectivity index (χ0v) is 11.1. The number of benzene rings is 1. The minimum Gasteiger partial charge on any atom is -0.494 e. The molecule has 0 aliphatic heterocycles. The maximum absolute atomic E-state index is 8.88. The second-order valence-electron chi connectivity index (χ2n) is 4.21. The Labute approximate surface area is 109 Å². The van der Waals surface area contributed by atoms with E-state index in [4.69, 9.17) is 15.6 Å². The van der Waals surface area contributed by atoms with E-state index in [-0.39, 0.29) is 6.61 Å². The first-order valence-corrected chi connectivity index (χ1v) is 6.55. The molecule has 1 aromatic carbocycles. The summed E-state index contributed by atoms with van der Waals surface area (Å²) in [5.74, 6) is 0.878. The predicted octanol–water partition coefficient (Wildman–Crippen LogP) is 1.23. The Kier molecular flexibility index (Phi) is 7.41. The van der Waals surface area contributed by atoms with E-state index < -0.39 is 0 Å². The standard InChI is InChI=1S/C14H24N2O2/c1-2-16(8-9-17)7-4-10-18-14-6-3-5-13(11-14)12-15/h3,5-6,11,17H,2,4,7-10,12,15H2,1H3. The monoisotopic (exact) mass is 252 g/mol. The van der Waals surface area contributed by atoms with Crippen molar-refractivity contribution in [3.05, 3.63) is 29.8 Å². The zero-order valence-electron chi connectivity index (χ0n) is 11.1. The number of aliphatic hydroxyl groups is 1. The first-order chi connectivity index (χ1) is 8.80. The molecule has 4 heteroatoms. The summed E-state index contributed by atoms with van der Waals surface area (Å²) in [7, 11) is 0. The Morgan fingerprint density at radius 3 is 2.83 bits per heavy atom. The first-order valence-electron chi connectivity index (χ1n) is 6.55. The molecule has 3 N–H and O–H groups in total. The third-order valence-corrected chi connectivity index (χ3v) is 2.88. The quantitative estimate of drug-likeness (QED) is 0.649. The summed E-state index contributed by atoms with van der Waals surface area (Å²) >= 11 is 0. The Balaban J connectivity index is 2.24. The summed E-state index contributed by atoms with van der Waals surface area (Å²) in [6.07, 6.45) is 0.959. The van der Waals surface area contributed by atoms with Gasteiger partial charge in [0.1, 0.15) is 5.75 Å². The van der Waals surface area contributed by atoms with Crippen LogP contribution in [-0.2, 0) is 6.54 Å². The van der Waals surface area contributed by atoms with E-state index in [1.807, 2.05) is 24.3 Å². The number of likely N-dealkylation sites (N-methyl/N-ethyl adjacent to an activating group) is 1. The van der Waals surface area contributed by atoms with Crippen molar-refractivity contribution in [1.29, 1.82) is 0 Å². The van der Waals surface area contributed by atoms with Crippen LogP contribution < -0.4 is 10.5 Å². The van der Waals surface area contributed by atoms with E-state index in [0.717, 1.165) is 37.4 Å². The molecule has 0 saturated heterocycles. The molecule has 0 radical (unpaired) electrons. The first kappa shape index (κ1) is 15.0. The van der Waals surface area contributed by atoms with Crippen molar-refractivity contribution in [2.75, 3.05) is 32.8 Å². The summed E-state index contributed by atoms with van der Waals surface area (Å²) in [6.45, 7) is 6.19. The third-order valence-electron chi connectivity index (χ3n) is 2.88. The molecule has 4 nitrogen and oxygen atoms in total. The van der Waals surface area contributed by atoms with Crippen LogP contribution >= 0.6 is 0 Å². The smallest absolute Gasteiger partial charge is 0.119 e. The molecule has 0 bridgehead atoms.